The molecule has 0 saturated heterocycles. The standard InChI is InChI=1S/C10H14F3N3O/c1-5(2)6(3)17-8-4-7(10(11,12)13)15-9(14)16-8/h4-6H,1-3H3,(H2,14,15,16). The van der Waals surface area contributed by atoms with Crippen LogP contribution in [0.3, 0.4) is 0 Å². The van der Waals surface area contributed by atoms with Crippen molar-refractivity contribution in [2.45, 2.75) is 33.1 Å². The molecule has 4 nitrogen and oxygen atoms in total. The number of aromatic nitrogens is 2. The first-order valence-corrected chi connectivity index (χ1v) is 5.08. The average Bonchev–Trinajstić information content (AvgIpc) is 2.15. The predicted molar refractivity (Wildman–Crippen MR) is 56.4 cm³/mol. The molecule has 0 aliphatic heterocycles. The first-order chi connectivity index (χ1) is 7.70. The fraction of sp³-hybridized carbons (Fsp3) is 0.600. The van der Waals surface area contributed by atoms with Gasteiger partial charge >= 0.3 is 6.18 Å². The van der Waals surface area contributed by atoms with E-state index in [9.17, 15) is 13.2 Å². The summed E-state index contributed by atoms with van der Waals surface area (Å²) in [5, 5.41) is 0. The molecule has 0 bridgehead atoms. The van der Waals surface area contributed by atoms with E-state index in [1.54, 1.807) is 6.92 Å². The van der Waals surface area contributed by atoms with Gasteiger partial charge in [-0.1, -0.05) is 13.8 Å². The first kappa shape index (κ1) is 13.5. The molecule has 0 fully saturated rings. The van der Waals surface area contributed by atoms with Crippen molar-refractivity contribution in [3.05, 3.63) is 11.8 Å². The molecular weight excluding hydrogens is 235 g/mol. The van der Waals surface area contributed by atoms with Gasteiger partial charge in [0.15, 0.2) is 5.69 Å². The third-order valence-electron chi connectivity index (χ3n) is 2.26. The Hall–Kier alpha value is -1.53. The third-order valence-corrected chi connectivity index (χ3v) is 2.26. The van der Waals surface area contributed by atoms with E-state index in [0.29, 0.717) is 0 Å². The van der Waals surface area contributed by atoms with E-state index in [1.807, 2.05) is 13.8 Å². The minimum atomic E-state index is -4.56. The Morgan fingerprint density at radius 1 is 1.24 bits per heavy atom. The minimum Gasteiger partial charge on any atom is -0.474 e. The predicted octanol–water partition coefficient (Wildman–Crippen LogP) is 2.50. The van der Waals surface area contributed by atoms with Crippen LogP contribution in [0.1, 0.15) is 26.5 Å². The van der Waals surface area contributed by atoms with Gasteiger partial charge in [-0.3, -0.25) is 0 Å². The van der Waals surface area contributed by atoms with E-state index in [1.165, 1.54) is 0 Å². The zero-order valence-corrected chi connectivity index (χ0v) is 9.75. The fourth-order valence-corrected chi connectivity index (χ4v) is 0.975. The van der Waals surface area contributed by atoms with Gasteiger partial charge in [0.2, 0.25) is 11.8 Å². The molecule has 1 heterocycles. The lowest BCUT2D eigenvalue weighted by atomic mass is 10.1. The average molecular weight is 249 g/mol. The molecule has 1 rings (SSSR count). The van der Waals surface area contributed by atoms with E-state index in [-0.39, 0.29) is 17.9 Å². The summed E-state index contributed by atoms with van der Waals surface area (Å²) in [6, 6.07) is 0.745. The highest BCUT2D eigenvalue weighted by Gasteiger charge is 2.34. The summed E-state index contributed by atoms with van der Waals surface area (Å²) in [7, 11) is 0. The number of nitrogens with zero attached hydrogens (tertiary/aromatic N) is 2. The van der Waals surface area contributed by atoms with Crippen molar-refractivity contribution >= 4 is 5.95 Å². The summed E-state index contributed by atoms with van der Waals surface area (Å²) in [4.78, 5) is 6.73. The molecule has 0 radical (unpaired) electrons. The largest absolute Gasteiger partial charge is 0.474 e. The Kier molecular flexibility index (Phi) is 3.79. The van der Waals surface area contributed by atoms with Crippen molar-refractivity contribution in [3.63, 3.8) is 0 Å². The molecule has 0 spiro atoms. The zero-order valence-electron chi connectivity index (χ0n) is 9.75. The number of rotatable bonds is 3. The fourth-order valence-electron chi connectivity index (χ4n) is 0.975. The molecule has 96 valence electrons. The summed E-state index contributed by atoms with van der Waals surface area (Å²) in [5.74, 6) is -0.461. The summed E-state index contributed by atoms with van der Waals surface area (Å²) >= 11 is 0. The Balaban J connectivity index is 2.98. The monoisotopic (exact) mass is 249 g/mol. The molecule has 7 heteroatoms. The lowest BCUT2D eigenvalue weighted by molar-refractivity contribution is -0.141. The number of halogens is 3. The maximum absolute atomic E-state index is 12.4. The SMILES string of the molecule is CC(C)C(C)Oc1cc(C(F)(F)F)nc(N)n1. The quantitative estimate of drug-likeness (QED) is 0.894. The van der Waals surface area contributed by atoms with Crippen LogP contribution in [0.4, 0.5) is 19.1 Å². The van der Waals surface area contributed by atoms with Crippen LogP contribution in [-0.2, 0) is 6.18 Å². The number of alkyl halides is 3. The maximum atomic E-state index is 12.4. The van der Waals surface area contributed by atoms with Crippen molar-refractivity contribution in [3.8, 4) is 5.88 Å². The van der Waals surface area contributed by atoms with Gasteiger partial charge in [0, 0.05) is 6.07 Å². The Morgan fingerprint density at radius 3 is 2.29 bits per heavy atom. The molecule has 2 N–H and O–H groups in total. The van der Waals surface area contributed by atoms with Crippen LogP contribution in [0.2, 0.25) is 0 Å². The van der Waals surface area contributed by atoms with Crippen LogP contribution in [0, 0.1) is 5.92 Å². The lowest BCUT2D eigenvalue weighted by Crippen LogP contribution is -2.20. The molecule has 0 aliphatic rings. The lowest BCUT2D eigenvalue weighted by Gasteiger charge is -2.18. The Labute approximate surface area is 97.0 Å². The summed E-state index contributed by atoms with van der Waals surface area (Å²) in [6.07, 6.45) is -4.82. The molecule has 1 aromatic heterocycles. The molecule has 0 saturated carbocycles. The van der Waals surface area contributed by atoms with Crippen LogP contribution in [0.15, 0.2) is 6.07 Å². The van der Waals surface area contributed by atoms with Gasteiger partial charge in [0.1, 0.15) is 0 Å². The van der Waals surface area contributed by atoms with Gasteiger partial charge in [0.05, 0.1) is 6.10 Å². The van der Waals surface area contributed by atoms with Crippen LogP contribution in [0.25, 0.3) is 0 Å². The second kappa shape index (κ2) is 4.77. The molecule has 1 aromatic rings. The van der Waals surface area contributed by atoms with Crippen molar-refractivity contribution in [2.24, 2.45) is 5.92 Å². The van der Waals surface area contributed by atoms with E-state index in [2.05, 4.69) is 9.97 Å². The van der Waals surface area contributed by atoms with E-state index >= 15 is 0 Å². The molecule has 0 aliphatic carbocycles. The number of hydrogen-bond donors (Lipinski definition) is 1. The Morgan fingerprint density at radius 2 is 1.82 bits per heavy atom. The summed E-state index contributed by atoms with van der Waals surface area (Å²) in [6.45, 7) is 5.52. The van der Waals surface area contributed by atoms with Crippen LogP contribution in [0.5, 0.6) is 5.88 Å². The van der Waals surface area contributed by atoms with Crippen molar-refractivity contribution in [2.75, 3.05) is 5.73 Å². The molecule has 1 atom stereocenters. The van der Waals surface area contributed by atoms with Crippen molar-refractivity contribution in [1.29, 1.82) is 0 Å². The summed E-state index contributed by atoms with van der Waals surface area (Å²) < 4.78 is 42.6. The topological polar surface area (TPSA) is 61.0 Å². The summed E-state index contributed by atoms with van der Waals surface area (Å²) in [5.41, 5.74) is 4.10. The third kappa shape index (κ3) is 3.76. The number of nitrogen functional groups attached to an aromatic ring is 1. The van der Waals surface area contributed by atoms with Crippen molar-refractivity contribution < 1.29 is 17.9 Å². The van der Waals surface area contributed by atoms with Gasteiger partial charge in [-0.15, -0.1) is 0 Å². The second-order valence-corrected chi connectivity index (χ2v) is 4.01. The minimum absolute atomic E-state index is 0.153. The molecule has 17 heavy (non-hydrogen) atoms. The number of hydrogen-bond acceptors (Lipinski definition) is 4. The highest BCUT2D eigenvalue weighted by atomic mass is 19.4. The van der Waals surface area contributed by atoms with Crippen LogP contribution in [-0.4, -0.2) is 16.1 Å². The van der Waals surface area contributed by atoms with E-state index in [4.69, 9.17) is 10.5 Å². The van der Waals surface area contributed by atoms with E-state index < -0.39 is 17.8 Å². The highest BCUT2D eigenvalue weighted by molar-refractivity contribution is 5.27. The first-order valence-electron chi connectivity index (χ1n) is 5.08. The molecule has 0 aromatic carbocycles. The second-order valence-electron chi connectivity index (χ2n) is 4.01. The zero-order chi connectivity index (χ0) is 13.2. The number of anilines is 1. The smallest absolute Gasteiger partial charge is 0.433 e. The van der Waals surface area contributed by atoms with Crippen LogP contribution >= 0.6 is 0 Å². The maximum Gasteiger partial charge on any atom is 0.433 e. The van der Waals surface area contributed by atoms with Gasteiger partial charge in [-0.25, -0.2) is 4.98 Å². The van der Waals surface area contributed by atoms with E-state index in [0.717, 1.165) is 6.07 Å². The van der Waals surface area contributed by atoms with Gasteiger partial charge in [-0.05, 0) is 12.8 Å². The highest BCUT2D eigenvalue weighted by Crippen LogP contribution is 2.30. The number of ether oxygens (including phenoxy) is 1. The van der Waals surface area contributed by atoms with Gasteiger partial charge < -0.3 is 10.5 Å². The van der Waals surface area contributed by atoms with Gasteiger partial charge in [-0.2, -0.15) is 18.2 Å². The molecular formula is C10H14F3N3O. The Bertz CT molecular complexity index is 393. The normalized spacial score (nSPS) is 13.8. The van der Waals surface area contributed by atoms with Crippen LogP contribution < -0.4 is 10.5 Å². The molecule has 0 amide bonds. The number of nitrogens with two attached hydrogens (primary N) is 1. The van der Waals surface area contributed by atoms with Gasteiger partial charge in [0.25, 0.3) is 0 Å². The van der Waals surface area contributed by atoms with Crippen molar-refractivity contribution in [1.82, 2.24) is 9.97 Å². The molecule has 1 unspecified atom stereocenters.